The summed E-state index contributed by atoms with van der Waals surface area (Å²) in [6, 6.07) is 7.71. The summed E-state index contributed by atoms with van der Waals surface area (Å²) in [5.41, 5.74) is 0.908. The number of piperidine rings is 1. The van der Waals surface area contributed by atoms with Gasteiger partial charge in [-0.15, -0.1) is 0 Å². The lowest BCUT2D eigenvalue weighted by Crippen LogP contribution is -2.33. The maximum atomic E-state index is 9.51. The second kappa shape index (κ2) is 6.76. The van der Waals surface area contributed by atoms with Gasteiger partial charge in [0.25, 0.3) is 0 Å². The molecular weight excluding hydrogens is 226 g/mol. The fraction of sp³-hybridized carbons (Fsp3) is 0.600. The SMILES string of the molecule is CC(O)c1cccc(OCCN2CCCCC2)c1. The van der Waals surface area contributed by atoms with Gasteiger partial charge in [0, 0.05) is 6.54 Å². The van der Waals surface area contributed by atoms with Crippen molar-refractivity contribution in [1.82, 2.24) is 4.90 Å². The maximum absolute atomic E-state index is 9.51. The van der Waals surface area contributed by atoms with Crippen LogP contribution in [0.15, 0.2) is 24.3 Å². The van der Waals surface area contributed by atoms with E-state index in [0.717, 1.165) is 24.5 Å². The minimum Gasteiger partial charge on any atom is -0.492 e. The molecule has 1 aliphatic heterocycles. The molecule has 1 aromatic rings. The lowest BCUT2D eigenvalue weighted by Gasteiger charge is -2.26. The summed E-state index contributed by atoms with van der Waals surface area (Å²) in [4.78, 5) is 2.46. The van der Waals surface area contributed by atoms with Gasteiger partial charge in [-0.2, -0.15) is 0 Å². The van der Waals surface area contributed by atoms with Crippen LogP contribution in [-0.4, -0.2) is 36.2 Å². The van der Waals surface area contributed by atoms with Crippen LogP contribution in [0.1, 0.15) is 37.9 Å². The van der Waals surface area contributed by atoms with Gasteiger partial charge in [0.05, 0.1) is 6.10 Å². The second-order valence-corrected chi connectivity index (χ2v) is 5.00. The monoisotopic (exact) mass is 249 g/mol. The van der Waals surface area contributed by atoms with E-state index in [1.165, 1.54) is 32.4 Å². The third kappa shape index (κ3) is 4.00. The first-order chi connectivity index (χ1) is 8.75. The fourth-order valence-electron chi connectivity index (χ4n) is 2.34. The van der Waals surface area contributed by atoms with E-state index in [-0.39, 0.29) is 0 Å². The summed E-state index contributed by atoms with van der Waals surface area (Å²) in [6.07, 6.45) is 3.57. The molecule has 1 fully saturated rings. The van der Waals surface area contributed by atoms with Crippen molar-refractivity contribution in [1.29, 1.82) is 0 Å². The summed E-state index contributed by atoms with van der Waals surface area (Å²) in [5.74, 6) is 0.852. The highest BCUT2D eigenvalue weighted by atomic mass is 16.5. The van der Waals surface area contributed by atoms with Gasteiger partial charge in [-0.25, -0.2) is 0 Å². The van der Waals surface area contributed by atoms with Gasteiger partial charge >= 0.3 is 0 Å². The first-order valence-electron chi connectivity index (χ1n) is 6.89. The minimum absolute atomic E-state index is 0.435. The van der Waals surface area contributed by atoms with Gasteiger partial charge < -0.3 is 9.84 Å². The van der Waals surface area contributed by atoms with Gasteiger partial charge in [0.15, 0.2) is 0 Å². The summed E-state index contributed by atoms with van der Waals surface area (Å²) in [6.45, 7) is 5.91. The Hall–Kier alpha value is -1.06. The van der Waals surface area contributed by atoms with Crippen LogP contribution in [0, 0.1) is 0 Å². The number of rotatable bonds is 5. The molecule has 1 aliphatic rings. The van der Waals surface area contributed by atoms with Crippen molar-refractivity contribution in [3.05, 3.63) is 29.8 Å². The molecule has 0 bridgehead atoms. The molecule has 18 heavy (non-hydrogen) atoms. The molecule has 0 aliphatic carbocycles. The molecular formula is C15H23NO2. The van der Waals surface area contributed by atoms with Crippen molar-refractivity contribution in [2.24, 2.45) is 0 Å². The molecule has 0 amide bonds. The number of hydrogen-bond acceptors (Lipinski definition) is 3. The van der Waals surface area contributed by atoms with Crippen LogP contribution in [0.2, 0.25) is 0 Å². The number of aliphatic hydroxyl groups excluding tert-OH is 1. The van der Waals surface area contributed by atoms with Crippen LogP contribution < -0.4 is 4.74 Å². The molecule has 2 rings (SSSR count). The van der Waals surface area contributed by atoms with Crippen LogP contribution in [0.3, 0.4) is 0 Å². The van der Waals surface area contributed by atoms with E-state index in [1.54, 1.807) is 6.92 Å². The molecule has 100 valence electrons. The molecule has 0 aromatic heterocycles. The standard InChI is InChI=1S/C15H23NO2/c1-13(17)14-6-5-7-15(12-14)18-11-10-16-8-3-2-4-9-16/h5-7,12-13,17H,2-4,8-11H2,1H3. The molecule has 1 N–H and O–H groups in total. The zero-order valence-electron chi connectivity index (χ0n) is 11.1. The molecule has 1 atom stereocenters. The summed E-state index contributed by atoms with van der Waals surface area (Å²) in [5, 5.41) is 9.51. The van der Waals surface area contributed by atoms with Crippen LogP contribution in [0.5, 0.6) is 5.75 Å². The highest BCUT2D eigenvalue weighted by molar-refractivity contribution is 5.29. The van der Waals surface area contributed by atoms with Crippen molar-refractivity contribution < 1.29 is 9.84 Å². The average Bonchev–Trinajstić information content (AvgIpc) is 2.40. The van der Waals surface area contributed by atoms with Crippen LogP contribution in [0.4, 0.5) is 0 Å². The number of ether oxygens (including phenoxy) is 1. The second-order valence-electron chi connectivity index (χ2n) is 5.00. The zero-order valence-corrected chi connectivity index (χ0v) is 11.1. The number of aliphatic hydroxyl groups is 1. The number of nitrogens with zero attached hydrogens (tertiary/aromatic N) is 1. The minimum atomic E-state index is -0.435. The quantitative estimate of drug-likeness (QED) is 0.870. The van der Waals surface area contributed by atoms with Gasteiger partial charge in [0.2, 0.25) is 0 Å². The topological polar surface area (TPSA) is 32.7 Å². The fourth-order valence-corrected chi connectivity index (χ4v) is 2.34. The highest BCUT2D eigenvalue weighted by Crippen LogP contribution is 2.18. The van der Waals surface area contributed by atoms with Crippen molar-refractivity contribution >= 4 is 0 Å². The third-order valence-corrected chi connectivity index (χ3v) is 3.47. The predicted molar refractivity (Wildman–Crippen MR) is 72.9 cm³/mol. The van der Waals surface area contributed by atoms with E-state index in [0.29, 0.717) is 0 Å². The number of likely N-dealkylation sites (tertiary alicyclic amines) is 1. The Balaban J connectivity index is 1.77. The number of hydrogen-bond donors (Lipinski definition) is 1. The first-order valence-corrected chi connectivity index (χ1v) is 6.89. The van der Waals surface area contributed by atoms with E-state index in [9.17, 15) is 5.11 Å². The molecule has 0 radical (unpaired) electrons. The third-order valence-electron chi connectivity index (χ3n) is 3.47. The van der Waals surface area contributed by atoms with Crippen molar-refractivity contribution in [2.75, 3.05) is 26.2 Å². The van der Waals surface area contributed by atoms with E-state index in [2.05, 4.69) is 4.90 Å². The summed E-state index contributed by atoms with van der Waals surface area (Å²) < 4.78 is 5.75. The lowest BCUT2D eigenvalue weighted by molar-refractivity contribution is 0.181. The molecule has 0 spiro atoms. The molecule has 3 nitrogen and oxygen atoms in total. The Morgan fingerprint density at radius 2 is 2.06 bits per heavy atom. The number of benzene rings is 1. The Morgan fingerprint density at radius 1 is 1.28 bits per heavy atom. The van der Waals surface area contributed by atoms with E-state index >= 15 is 0 Å². The van der Waals surface area contributed by atoms with E-state index < -0.39 is 6.10 Å². The Morgan fingerprint density at radius 3 is 2.78 bits per heavy atom. The zero-order chi connectivity index (χ0) is 12.8. The smallest absolute Gasteiger partial charge is 0.119 e. The first kappa shape index (κ1) is 13.4. The Kier molecular flexibility index (Phi) is 5.02. The maximum Gasteiger partial charge on any atom is 0.119 e. The Labute approximate surface area is 109 Å². The van der Waals surface area contributed by atoms with E-state index in [4.69, 9.17) is 4.74 Å². The molecule has 1 saturated heterocycles. The van der Waals surface area contributed by atoms with Crippen LogP contribution in [-0.2, 0) is 0 Å². The van der Waals surface area contributed by atoms with Crippen LogP contribution >= 0.6 is 0 Å². The normalized spacial score (nSPS) is 18.6. The molecule has 1 aromatic carbocycles. The summed E-state index contributed by atoms with van der Waals surface area (Å²) in [7, 11) is 0. The lowest BCUT2D eigenvalue weighted by atomic mass is 10.1. The predicted octanol–water partition coefficient (Wildman–Crippen LogP) is 2.60. The van der Waals surface area contributed by atoms with Crippen molar-refractivity contribution in [2.45, 2.75) is 32.3 Å². The highest BCUT2D eigenvalue weighted by Gasteiger charge is 2.09. The van der Waals surface area contributed by atoms with E-state index in [1.807, 2.05) is 24.3 Å². The van der Waals surface area contributed by atoms with Crippen molar-refractivity contribution in [3.8, 4) is 5.75 Å². The molecule has 3 heteroatoms. The summed E-state index contributed by atoms with van der Waals surface area (Å²) >= 11 is 0. The Bertz CT molecular complexity index is 359. The van der Waals surface area contributed by atoms with Gasteiger partial charge in [-0.3, -0.25) is 4.90 Å². The van der Waals surface area contributed by atoms with Gasteiger partial charge in [-0.1, -0.05) is 18.6 Å². The van der Waals surface area contributed by atoms with Crippen LogP contribution in [0.25, 0.3) is 0 Å². The largest absolute Gasteiger partial charge is 0.492 e. The molecule has 1 heterocycles. The molecule has 0 saturated carbocycles. The average molecular weight is 249 g/mol. The molecule has 1 unspecified atom stereocenters. The van der Waals surface area contributed by atoms with Crippen molar-refractivity contribution in [3.63, 3.8) is 0 Å². The van der Waals surface area contributed by atoms with Gasteiger partial charge in [-0.05, 0) is 50.6 Å². The van der Waals surface area contributed by atoms with Gasteiger partial charge in [0.1, 0.15) is 12.4 Å².